The molecule has 2 aromatic carbocycles. The van der Waals surface area contributed by atoms with Gasteiger partial charge in [-0.3, -0.25) is 9.10 Å². The Hall–Kier alpha value is -2.78. The van der Waals surface area contributed by atoms with E-state index in [1.54, 1.807) is 55.5 Å². The van der Waals surface area contributed by atoms with Crippen molar-refractivity contribution in [2.24, 2.45) is 5.92 Å². The van der Waals surface area contributed by atoms with Gasteiger partial charge in [-0.05, 0) is 61.9 Å². The van der Waals surface area contributed by atoms with Crippen molar-refractivity contribution in [2.75, 3.05) is 29.4 Å². The summed E-state index contributed by atoms with van der Waals surface area (Å²) in [7, 11) is -3.87. The lowest BCUT2D eigenvalue weighted by molar-refractivity contribution is -0.145. The number of hydrogen-bond acceptors (Lipinski definition) is 6. The molecule has 1 heterocycles. The van der Waals surface area contributed by atoms with Crippen LogP contribution < -0.4 is 14.4 Å². The number of amides is 1. The van der Waals surface area contributed by atoms with Gasteiger partial charge in [0.1, 0.15) is 5.75 Å². The molecule has 1 N–H and O–H groups in total. The fourth-order valence-electron chi connectivity index (χ4n) is 3.79. The number of nitrogens with one attached hydrogen (secondary N) is 1. The third kappa shape index (κ3) is 3.83. The van der Waals surface area contributed by atoms with Gasteiger partial charge in [0.2, 0.25) is 15.9 Å². The van der Waals surface area contributed by atoms with E-state index >= 15 is 0 Å². The smallest absolute Gasteiger partial charge is 0.344 e. The molecule has 4 rings (SSSR count). The van der Waals surface area contributed by atoms with E-state index in [-0.39, 0.29) is 25.7 Å². The highest BCUT2D eigenvalue weighted by Gasteiger charge is 2.75. The van der Waals surface area contributed by atoms with Gasteiger partial charge in [-0.15, -0.1) is 0 Å². The van der Waals surface area contributed by atoms with Crippen molar-refractivity contribution in [3.63, 3.8) is 0 Å². The van der Waals surface area contributed by atoms with Crippen molar-refractivity contribution in [2.45, 2.75) is 18.1 Å². The van der Waals surface area contributed by atoms with Crippen LogP contribution in [0.2, 0.25) is 5.02 Å². The Morgan fingerprint density at radius 1 is 1.16 bits per heavy atom. The molecule has 2 aliphatic rings. The van der Waals surface area contributed by atoms with Gasteiger partial charge in [0, 0.05) is 23.2 Å². The highest BCUT2D eigenvalue weighted by atomic mass is 35.5. The number of rotatable bonds is 7. The Kier molecular flexibility index (Phi) is 5.57. The highest BCUT2D eigenvalue weighted by molar-refractivity contribution is 7.95. The summed E-state index contributed by atoms with van der Waals surface area (Å²) in [4.78, 5) is 24.3. The first kappa shape index (κ1) is 21.5. The first-order chi connectivity index (χ1) is 14.8. The number of sulfonamides is 1. The van der Waals surface area contributed by atoms with Gasteiger partial charge in [-0.2, -0.15) is 0 Å². The zero-order valence-electron chi connectivity index (χ0n) is 16.7. The lowest BCUT2D eigenvalue weighted by Crippen LogP contribution is -2.42. The summed E-state index contributed by atoms with van der Waals surface area (Å²) < 4.78 is 36.3. The molecule has 1 saturated carbocycles. The van der Waals surface area contributed by atoms with Crippen LogP contribution in [0.5, 0.6) is 5.75 Å². The molecule has 0 radical (unpaired) electrons. The standard InChI is InChI=1S/C21H21ClN2O6S/c1-2-29-19(25)13-30-18-9-5-16(6-10-18)23-20(26)21-11-14(21)12-24(31(21,27)28)17-7-3-15(22)4-8-17/h3-10,14H,2,11-13H2,1H3,(H,23,26)/t14-,21+/m0/s1. The average Bonchev–Trinajstić information content (AvgIpc) is 3.44. The number of benzene rings is 2. The minimum absolute atomic E-state index is 0.219. The fourth-order valence-corrected chi connectivity index (χ4v) is 6.28. The van der Waals surface area contributed by atoms with Crippen molar-refractivity contribution in [1.82, 2.24) is 0 Å². The highest BCUT2D eigenvalue weighted by Crippen LogP contribution is 2.58. The Morgan fingerprint density at radius 3 is 2.48 bits per heavy atom. The molecular weight excluding hydrogens is 444 g/mol. The fraction of sp³-hybridized carbons (Fsp3) is 0.333. The molecule has 0 aromatic heterocycles. The Labute approximate surface area is 185 Å². The minimum Gasteiger partial charge on any atom is -0.482 e. The zero-order chi connectivity index (χ0) is 22.2. The second kappa shape index (κ2) is 8.05. The number of carbonyl (C=O) groups is 2. The molecule has 2 aromatic rings. The number of esters is 1. The number of anilines is 2. The molecule has 8 nitrogen and oxygen atoms in total. The monoisotopic (exact) mass is 464 g/mol. The van der Waals surface area contributed by atoms with Crippen molar-refractivity contribution in [3.05, 3.63) is 53.6 Å². The van der Waals surface area contributed by atoms with Crippen LogP contribution in [0.3, 0.4) is 0 Å². The van der Waals surface area contributed by atoms with Crippen LogP contribution in [0.25, 0.3) is 0 Å². The number of halogens is 1. The van der Waals surface area contributed by atoms with Crippen LogP contribution in [-0.4, -0.2) is 44.8 Å². The maximum absolute atomic E-state index is 13.2. The summed E-state index contributed by atoms with van der Waals surface area (Å²) in [5.41, 5.74) is 0.931. The van der Waals surface area contributed by atoms with Crippen molar-refractivity contribution < 1.29 is 27.5 Å². The molecule has 1 aliphatic heterocycles. The van der Waals surface area contributed by atoms with Gasteiger partial charge in [-0.1, -0.05) is 11.6 Å². The average molecular weight is 465 g/mol. The topological polar surface area (TPSA) is 102 Å². The predicted octanol–water partition coefficient (Wildman–Crippen LogP) is 2.83. The molecule has 2 fully saturated rings. The molecule has 1 amide bonds. The van der Waals surface area contributed by atoms with Crippen LogP contribution >= 0.6 is 11.6 Å². The Morgan fingerprint density at radius 2 is 1.84 bits per heavy atom. The van der Waals surface area contributed by atoms with Crippen LogP contribution in [0.1, 0.15) is 13.3 Å². The molecule has 0 bridgehead atoms. The second-order valence-corrected chi connectivity index (χ2v) is 9.93. The van der Waals surface area contributed by atoms with E-state index in [9.17, 15) is 18.0 Å². The van der Waals surface area contributed by atoms with E-state index in [1.807, 2.05) is 0 Å². The van der Waals surface area contributed by atoms with Gasteiger partial charge in [-0.25, -0.2) is 13.2 Å². The van der Waals surface area contributed by atoms with E-state index in [0.717, 1.165) is 0 Å². The summed E-state index contributed by atoms with van der Waals surface area (Å²) in [5, 5.41) is 3.21. The lowest BCUT2D eigenvalue weighted by Gasteiger charge is -2.23. The van der Waals surface area contributed by atoms with Gasteiger partial charge >= 0.3 is 5.97 Å². The molecule has 2 atom stereocenters. The van der Waals surface area contributed by atoms with E-state index in [0.29, 0.717) is 28.6 Å². The molecule has 0 unspecified atom stereocenters. The summed E-state index contributed by atoms with van der Waals surface area (Å²) in [6, 6.07) is 12.8. The van der Waals surface area contributed by atoms with E-state index in [4.69, 9.17) is 21.1 Å². The van der Waals surface area contributed by atoms with Crippen molar-refractivity contribution in [1.29, 1.82) is 0 Å². The van der Waals surface area contributed by atoms with Gasteiger partial charge in [0.05, 0.1) is 12.3 Å². The zero-order valence-corrected chi connectivity index (χ0v) is 18.3. The first-order valence-electron chi connectivity index (χ1n) is 9.75. The third-order valence-corrected chi connectivity index (χ3v) is 8.26. The molecule has 0 spiro atoms. The summed E-state index contributed by atoms with van der Waals surface area (Å²) in [6.45, 7) is 2.02. The molecule has 10 heteroatoms. The minimum atomic E-state index is -3.87. The number of carbonyl (C=O) groups excluding carboxylic acids is 2. The van der Waals surface area contributed by atoms with Gasteiger partial charge < -0.3 is 14.8 Å². The normalized spacial score (nSPS) is 23.0. The van der Waals surface area contributed by atoms with E-state index in [1.165, 1.54) is 4.31 Å². The van der Waals surface area contributed by atoms with E-state index < -0.39 is 26.6 Å². The number of ether oxygens (including phenoxy) is 2. The SMILES string of the molecule is CCOC(=O)COc1ccc(NC(=O)[C@@]23C[C@H]2CN(c2ccc(Cl)cc2)S3(=O)=O)cc1. The number of fused-ring (bicyclic) bond motifs is 1. The van der Waals surface area contributed by atoms with Crippen LogP contribution in [0.4, 0.5) is 11.4 Å². The Bertz CT molecular complexity index is 1100. The summed E-state index contributed by atoms with van der Waals surface area (Å²) in [5.74, 6) is -0.860. The van der Waals surface area contributed by atoms with Gasteiger partial charge in [0.25, 0.3) is 0 Å². The van der Waals surface area contributed by atoms with Crippen molar-refractivity contribution >= 4 is 44.9 Å². The van der Waals surface area contributed by atoms with Crippen LogP contribution in [0.15, 0.2) is 48.5 Å². The predicted molar refractivity (Wildman–Crippen MR) is 116 cm³/mol. The first-order valence-corrected chi connectivity index (χ1v) is 11.6. The van der Waals surface area contributed by atoms with Crippen LogP contribution in [-0.2, 0) is 24.3 Å². The third-order valence-electron chi connectivity index (χ3n) is 5.46. The molecule has 31 heavy (non-hydrogen) atoms. The van der Waals surface area contributed by atoms with E-state index in [2.05, 4.69) is 5.32 Å². The quantitative estimate of drug-likeness (QED) is 0.632. The summed E-state index contributed by atoms with van der Waals surface area (Å²) in [6.07, 6.45) is 0.298. The summed E-state index contributed by atoms with van der Waals surface area (Å²) >= 11 is 5.89. The van der Waals surface area contributed by atoms with Crippen LogP contribution in [0, 0.1) is 5.92 Å². The Balaban J connectivity index is 1.43. The number of hydrogen-bond donors (Lipinski definition) is 1. The molecule has 1 saturated heterocycles. The molecule has 164 valence electrons. The second-order valence-electron chi connectivity index (χ2n) is 7.38. The van der Waals surface area contributed by atoms with Crippen molar-refractivity contribution in [3.8, 4) is 5.75 Å². The number of nitrogens with zero attached hydrogens (tertiary/aromatic N) is 1. The lowest BCUT2D eigenvalue weighted by atomic mass is 10.2. The van der Waals surface area contributed by atoms with Gasteiger partial charge in [0.15, 0.2) is 11.4 Å². The maximum atomic E-state index is 13.2. The molecule has 1 aliphatic carbocycles. The molecular formula is C21H21ClN2O6S. The largest absolute Gasteiger partial charge is 0.482 e. The maximum Gasteiger partial charge on any atom is 0.344 e.